The molecule has 156 valence electrons. The first-order chi connectivity index (χ1) is 14.1. The molecule has 10 heteroatoms. The number of anilines is 2. The second-order valence-corrected chi connectivity index (χ2v) is 8.85. The molecule has 1 heterocycles. The fourth-order valence-electron chi connectivity index (χ4n) is 3.00. The van der Waals surface area contributed by atoms with Gasteiger partial charge in [0.2, 0.25) is 11.0 Å². The van der Waals surface area contributed by atoms with Crippen LogP contribution < -0.4 is 20.7 Å². The van der Waals surface area contributed by atoms with Crippen LogP contribution in [0.4, 0.5) is 15.6 Å². The molecule has 1 aliphatic carbocycles. The van der Waals surface area contributed by atoms with Gasteiger partial charge in [0.1, 0.15) is 5.75 Å². The third kappa shape index (κ3) is 6.90. The average molecular weight is 436 g/mol. The molecule has 1 aliphatic rings. The maximum Gasteiger partial charge on any atom is 0.321 e. The van der Waals surface area contributed by atoms with E-state index in [1.165, 1.54) is 23.1 Å². The Labute approximate surface area is 178 Å². The van der Waals surface area contributed by atoms with E-state index in [1.54, 1.807) is 0 Å². The molecule has 0 unspecified atom stereocenters. The Kier molecular flexibility index (Phi) is 8.12. The zero-order chi connectivity index (χ0) is 20.5. The minimum atomic E-state index is -0.401. The van der Waals surface area contributed by atoms with E-state index in [9.17, 15) is 9.59 Å². The predicted molar refractivity (Wildman–Crippen MR) is 115 cm³/mol. The molecule has 1 fully saturated rings. The first-order valence-electron chi connectivity index (χ1n) is 9.69. The number of aromatic nitrogens is 2. The summed E-state index contributed by atoms with van der Waals surface area (Å²) in [6.45, 7) is 2.52. The summed E-state index contributed by atoms with van der Waals surface area (Å²) in [5.74, 6) is 0.987. The van der Waals surface area contributed by atoms with Gasteiger partial charge in [0, 0.05) is 18.2 Å². The number of urea groups is 1. The van der Waals surface area contributed by atoms with Crippen LogP contribution in [0.25, 0.3) is 0 Å². The third-order valence-electron chi connectivity index (χ3n) is 4.33. The molecule has 8 nitrogen and oxygen atoms in total. The highest BCUT2D eigenvalue weighted by atomic mass is 32.2. The summed E-state index contributed by atoms with van der Waals surface area (Å²) >= 11 is 2.84. The number of benzene rings is 1. The molecule has 1 saturated carbocycles. The Morgan fingerprint density at radius 3 is 2.83 bits per heavy atom. The Morgan fingerprint density at radius 2 is 2.03 bits per heavy atom. The number of thioether (sulfide) groups is 1. The molecule has 2 aromatic rings. The maximum atomic E-state index is 11.9. The molecule has 3 N–H and O–H groups in total. The highest BCUT2D eigenvalue weighted by Crippen LogP contribution is 2.31. The molecule has 0 aliphatic heterocycles. The Hall–Kier alpha value is -2.33. The highest BCUT2D eigenvalue weighted by Gasteiger charge is 2.18. The van der Waals surface area contributed by atoms with Crippen LogP contribution in [-0.4, -0.2) is 40.5 Å². The smallest absolute Gasteiger partial charge is 0.321 e. The maximum absolute atomic E-state index is 11.9. The van der Waals surface area contributed by atoms with E-state index in [1.807, 2.05) is 31.2 Å². The van der Waals surface area contributed by atoms with Crippen LogP contribution in [-0.2, 0) is 4.79 Å². The summed E-state index contributed by atoms with van der Waals surface area (Å²) in [5.41, 5.74) is 0.828. The minimum absolute atomic E-state index is 0.192. The van der Waals surface area contributed by atoms with E-state index < -0.39 is 6.03 Å². The molecule has 3 rings (SSSR count). The first kappa shape index (κ1) is 21.4. The van der Waals surface area contributed by atoms with E-state index in [2.05, 4.69) is 26.1 Å². The van der Waals surface area contributed by atoms with E-state index in [-0.39, 0.29) is 18.4 Å². The number of para-hydroxylation sites is 2. The first-order valence-corrected chi connectivity index (χ1v) is 11.5. The van der Waals surface area contributed by atoms with Crippen LogP contribution >= 0.6 is 23.1 Å². The van der Waals surface area contributed by atoms with Gasteiger partial charge in [-0.05, 0) is 31.9 Å². The number of carbonyl (C=O) groups excluding carboxylic acids is 2. The molecule has 1 aromatic heterocycles. The number of carbonyl (C=O) groups is 2. The van der Waals surface area contributed by atoms with E-state index in [0.29, 0.717) is 17.5 Å². The lowest BCUT2D eigenvalue weighted by Gasteiger charge is -2.11. The van der Waals surface area contributed by atoms with Crippen molar-refractivity contribution in [3.8, 4) is 5.75 Å². The van der Waals surface area contributed by atoms with Crippen LogP contribution in [0.15, 0.2) is 28.6 Å². The Bertz CT molecular complexity index is 824. The van der Waals surface area contributed by atoms with Crippen LogP contribution in [0.3, 0.4) is 0 Å². The SMILES string of the molecule is CCOc1ccccc1Nc1nnc(SCCC(=O)NC(=O)NC2CCCC2)s1. The zero-order valence-electron chi connectivity index (χ0n) is 16.3. The van der Waals surface area contributed by atoms with Gasteiger partial charge >= 0.3 is 6.03 Å². The average Bonchev–Trinajstić information content (AvgIpc) is 3.35. The zero-order valence-corrected chi connectivity index (χ0v) is 17.9. The number of amides is 3. The van der Waals surface area contributed by atoms with Crippen molar-refractivity contribution in [1.82, 2.24) is 20.8 Å². The van der Waals surface area contributed by atoms with Gasteiger partial charge in [-0.15, -0.1) is 10.2 Å². The lowest BCUT2D eigenvalue weighted by Crippen LogP contribution is -2.43. The van der Waals surface area contributed by atoms with E-state index in [4.69, 9.17) is 4.74 Å². The van der Waals surface area contributed by atoms with Gasteiger partial charge in [-0.2, -0.15) is 0 Å². The number of nitrogens with one attached hydrogen (secondary N) is 3. The molecule has 0 saturated heterocycles. The lowest BCUT2D eigenvalue weighted by molar-refractivity contribution is -0.119. The van der Waals surface area contributed by atoms with Gasteiger partial charge in [-0.1, -0.05) is 48.1 Å². The van der Waals surface area contributed by atoms with Gasteiger partial charge in [-0.25, -0.2) is 4.79 Å². The molecule has 3 amide bonds. The van der Waals surface area contributed by atoms with Gasteiger partial charge in [0.15, 0.2) is 4.34 Å². The summed E-state index contributed by atoms with van der Waals surface area (Å²) in [4.78, 5) is 23.7. The number of hydrogen-bond donors (Lipinski definition) is 3. The van der Waals surface area contributed by atoms with Crippen molar-refractivity contribution < 1.29 is 14.3 Å². The standard InChI is InChI=1S/C19H25N5O3S2/c1-2-27-15-10-6-5-9-14(15)21-18-23-24-19(29-18)28-12-11-16(25)22-17(26)20-13-7-3-4-8-13/h5-6,9-10,13H,2-4,7-8,11-12H2,1H3,(H,21,23)(H2,20,22,25,26). The summed E-state index contributed by atoms with van der Waals surface area (Å²) in [7, 11) is 0. The van der Waals surface area contributed by atoms with Crippen molar-refractivity contribution in [3.63, 3.8) is 0 Å². The number of nitrogens with zero attached hydrogens (tertiary/aromatic N) is 2. The van der Waals surface area contributed by atoms with Gasteiger partial charge < -0.3 is 15.4 Å². The largest absolute Gasteiger partial charge is 0.492 e. The predicted octanol–water partition coefficient (Wildman–Crippen LogP) is 3.93. The van der Waals surface area contributed by atoms with Crippen molar-refractivity contribution in [2.75, 3.05) is 17.7 Å². The molecular weight excluding hydrogens is 410 g/mol. The minimum Gasteiger partial charge on any atom is -0.492 e. The normalized spacial score (nSPS) is 13.8. The molecule has 1 aromatic carbocycles. The molecule has 0 radical (unpaired) electrons. The highest BCUT2D eigenvalue weighted by molar-refractivity contribution is 8.01. The number of hydrogen-bond acceptors (Lipinski definition) is 8. The van der Waals surface area contributed by atoms with E-state index >= 15 is 0 Å². The lowest BCUT2D eigenvalue weighted by atomic mass is 10.2. The van der Waals surface area contributed by atoms with Crippen LogP contribution in [0.1, 0.15) is 39.0 Å². The Balaban J connectivity index is 1.40. The molecule has 0 bridgehead atoms. The fourth-order valence-corrected chi connectivity index (χ4v) is 4.77. The van der Waals surface area contributed by atoms with Crippen molar-refractivity contribution >= 4 is 45.9 Å². The fraction of sp³-hybridized carbons (Fsp3) is 0.474. The summed E-state index contributed by atoms with van der Waals surface area (Å²) in [5, 5.41) is 17.4. The molecule has 0 spiro atoms. The van der Waals surface area contributed by atoms with Crippen LogP contribution in [0, 0.1) is 0 Å². The van der Waals surface area contributed by atoms with Crippen molar-refractivity contribution in [2.24, 2.45) is 0 Å². The second-order valence-electron chi connectivity index (χ2n) is 6.53. The van der Waals surface area contributed by atoms with E-state index in [0.717, 1.165) is 41.5 Å². The van der Waals surface area contributed by atoms with Crippen molar-refractivity contribution in [3.05, 3.63) is 24.3 Å². The third-order valence-corrected chi connectivity index (χ3v) is 6.31. The second kappa shape index (κ2) is 11.0. The topological polar surface area (TPSA) is 105 Å². The van der Waals surface area contributed by atoms with Crippen molar-refractivity contribution in [2.45, 2.75) is 49.4 Å². The van der Waals surface area contributed by atoms with Gasteiger partial charge in [0.25, 0.3) is 0 Å². The summed E-state index contributed by atoms with van der Waals surface area (Å²) < 4.78 is 6.35. The number of imide groups is 1. The summed E-state index contributed by atoms with van der Waals surface area (Å²) in [6.07, 6.45) is 4.47. The molecule has 29 heavy (non-hydrogen) atoms. The monoisotopic (exact) mass is 435 g/mol. The van der Waals surface area contributed by atoms with Crippen molar-refractivity contribution in [1.29, 1.82) is 0 Å². The van der Waals surface area contributed by atoms with Gasteiger partial charge in [0.05, 0.1) is 12.3 Å². The number of rotatable bonds is 9. The van der Waals surface area contributed by atoms with Gasteiger partial charge in [-0.3, -0.25) is 10.1 Å². The Morgan fingerprint density at radius 1 is 1.24 bits per heavy atom. The molecule has 0 atom stereocenters. The molecular formula is C19H25N5O3S2. The van der Waals surface area contributed by atoms with Crippen LogP contribution in [0.2, 0.25) is 0 Å². The quantitative estimate of drug-likeness (QED) is 0.513. The summed E-state index contributed by atoms with van der Waals surface area (Å²) in [6, 6.07) is 7.43. The number of ether oxygens (including phenoxy) is 1. The van der Waals surface area contributed by atoms with Crippen LogP contribution in [0.5, 0.6) is 5.75 Å².